The largest absolute Gasteiger partial charge is 0.352 e. The molecule has 2 aromatic rings. The van der Waals surface area contributed by atoms with E-state index in [2.05, 4.69) is 46.5 Å². The maximum atomic E-state index is 12.0. The van der Waals surface area contributed by atoms with Gasteiger partial charge in [0.1, 0.15) is 0 Å². The second-order valence-electron chi connectivity index (χ2n) is 4.97. The summed E-state index contributed by atoms with van der Waals surface area (Å²) in [6.07, 6.45) is 0.922. The molecule has 4 heteroatoms. The predicted molar refractivity (Wildman–Crippen MR) is 82.3 cm³/mol. The zero-order valence-electron chi connectivity index (χ0n) is 11.5. The van der Waals surface area contributed by atoms with E-state index >= 15 is 0 Å². The molecule has 2 N–H and O–H groups in total. The summed E-state index contributed by atoms with van der Waals surface area (Å²) in [6.45, 7) is 3.74. The Morgan fingerprint density at radius 2 is 2.25 bits per heavy atom. The Labute approximate surface area is 123 Å². The third kappa shape index (κ3) is 2.49. The molecule has 1 aliphatic rings. The van der Waals surface area contributed by atoms with Crippen molar-refractivity contribution in [1.82, 2.24) is 10.6 Å². The van der Waals surface area contributed by atoms with Crippen LogP contribution in [0.2, 0.25) is 0 Å². The van der Waals surface area contributed by atoms with Crippen LogP contribution in [-0.4, -0.2) is 19.0 Å². The minimum Gasteiger partial charge on any atom is -0.352 e. The number of benzene rings is 1. The smallest absolute Gasteiger partial charge is 0.251 e. The average molecular weight is 286 g/mol. The van der Waals surface area contributed by atoms with E-state index < -0.39 is 0 Å². The second kappa shape index (κ2) is 5.77. The number of carbonyl (C=O) groups excluding carboxylic acids is 1. The Balaban J connectivity index is 1.99. The quantitative estimate of drug-likeness (QED) is 0.907. The van der Waals surface area contributed by atoms with Crippen LogP contribution in [0.4, 0.5) is 0 Å². The molecule has 1 aromatic heterocycles. The van der Waals surface area contributed by atoms with Crippen LogP contribution < -0.4 is 10.6 Å². The van der Waals surface area contributed by atoms with Gasteiger partial charge in [-0.25, -0.2) is 0 Å². The molecule has 1 unspecified atom stereocenters. The summed E-state index contributed by atoms with van der Waals surface area (Å²) in [5.41, 5.74) is 4.39. The molecule has 3 nitrogen and oxygen atoms in total. The number of rotatable bonds is 4. The lowest BCUT2D eigenvalue weighted by Crippen LogP contribution is -2.32. The molecule has 0 radical (unpaired) electrons. The molecule has 20 heavy (non-hydrogen) atoms. The molecule has 2 heterocycles. The van der Waals surface area contributed by atoms with Gasteiger partial charge in [0.15, 0.2) is 0 Å². The van der Waals surface area contributed by atoms with E-state index in [9.17, 15) is 4.79 Å². The fourth-order valence-electron chi connectivity index (χ4n) is 2.68. The Morgan fingerprint density at radius 3 is 3.00 bits per heavy atom. The minimum absolute atomic E-state index is 0.0497. The van der Waals surface area contributed by atoms with E-state index in [-0.39, 0.29) is 11.9 Å². The Kier molecular flexibility index (Phi) is 3.85. The predicted octanol–water partition coefficient (Wildman–Crippen LogP) is 2.73. The maximum absolute atomic E-state index is 12.0. The van der Waals surface area contributed by atoms with E-state index in [1.165, 1.54) is 5.56 Å². The van der Waals surface area contributed by atoms with E-state index in [4.69, 9.17) is 0 Å². The van der Waals surface area contributed by atoms with Gasteiger partial charge < -0.3 is 10.6 Å². The molecule has 0 bridgehead atoms. The topological polar surface area (TPSA) is 41.1 Å². The first-order valence-corrected chi connectivity index (χ1v) is 7.90. The fraction of sp³-hybridized carbons (Fsp3) is 0.312. The minimum atomic E-state index is 0.0497. The third-order valence-corrected chi connectivity index (χ3v) is 4.38. The Morgan fingerprint density at radius 1 is 1.35 bits per heavy atom. The lowest BCUT2D eigenvalue weighted by Gasteiger charge is -2.21. The zero-order valence-corrected chi connectivity index (χ0v) is 12.3. The van der Waals surface area contributed by atoms with Crippen LogP contribution >= 0.6 is 11.3 Å². The highest BCUT2D eigenvalue weighted by Crippen LogP contribution is 2.26. The maximum Gasteiger partial charge on any atom is 0.251 e. The molecule has 0 saturated carbocycles. The third-order valence-electron chi connectivity index (χ3n) is 3.68. The van der Waals surface area contributed by atoms with Crippen LogP contribution in [-0.2, 0) is 6.42 Å². The number of carbonyl (C=O) groups is 1. The van der Waals surface area contributed by atoms with Gasteiger partial charge in [-0.2, -0.15) is 11.3 Å². The summed E-state index contributed by atoms with van der Waals surface area (Å²) in [5, 5.41) is 10.7. The van der Waals surface area contributed by atoms with Crippen molar-refractivity contribution in [2.75, 3.05) is 13.1 Å². The molecule has 1 aromatic carbocycles. The molecular weight excluding hydrogens is 268 g/mol. The molecule has 1 amide bonds. The van der Waals surface area contributed by atoms with Gasteiger partial charge in [-0.05, 0) is 52.5 Å². The Hall–Kier alpha value is -1.65. The molecular formula is C16H18N2OS. The van der Waals surface area contributed by atoms with E-state index in [1.807, 2.05) is 6.07 Å². The van der Waals surface area contributed by atoms with Gasteiger partial charge in [0.25, 0.3) is 5.91 Å². The van der Waals surface area contributed by atoms with E-state index in [0.29, 0.717) is 0 Å². The summed E-state index contributed by atoms with van der Waals surface area (Å²) >= 11 is 1.70. The molecule has 0 saturated heterocycles. The van der Waals surface area contributed by atoms with Gasteiger partial charge >= 0.3 is 0 Å². The first-order valence-electron chi connectivity index (χ1n) is 6.96. The number of nitrogens with one attached hydrogen (secondary N) is 2. The van der Waals surface area contributed by atoms with Crippen LogP contribution in [0.25, 0.3) is 0 Å². The van der Waals surface area contributed by atoms with E-state index in [0.717, 1.165) is 36.2 Å². The van der Waals surface area contributed by atoms with Gasteiger partial charge in [0.05, 0.1) is 6.04 Å². The lowest BCUT2D eigenvalue weighted by molar-refractivity contribution is 0.0946. The van der Waals surface area contributed by atoms with Crippen LogP contribution in [0, 0.1) is 0 Å². The highest BCUT2D eigenvalue weighted by molar-refractivity contribution is 7.08. The highest BCUT2D eigenvalue weighted by atomic mass is 32.1. The van der Waals surface area contributed by atoms with Gasteiger partial charge in [-0.15, -0.1) is 0 Å². The number of fused-ring (bicyclic) bond motifs is 1. The summed E-state index contributed by atoms with van der Waals surface area (Å²) in [4.78, 5) is 12.0. The van der Waals surface area contributed by atoms with Crippen molar-refractivity contribution in [3.05, 3.63) is 57.3 Å². The van der Waals surface area contributed by atoms with Crippen LogP contribution in [0.5, 0.6) is 0 Å². The second-order valence-corrected chi connectivity index (χ2v) is 5.75. The van der Waals surface area contributed by atoms with Crippen molar-refractivity contribution in [2.45, 2.75) is 19.4 Å². The van der Waals surface area contributed by atoms with Gasteiger partial charge in [0.2, 0.25) is 0 Å². The average Bonchev–Trinajstić information content (AvgIpc) is 2.99. The van der Waals surface area contributed by atoms with Crippen LogP contribution in [0.1, 0.15) is 40.0 Å². The number of hydrogen-bond donors (Lipinski definition) is 2. The van der Waals surface area contributed by atoms with Crippen molar-refractivity contribution in [1.29, 1.82) is 0 Å². The summed E-state index contributed by atoms with van der Waals surface area (Å²) < 4.78 is 0. The Bertz CT molecular complexity index is 607. The fourth-order valence-corrected chi connectivity index (χ4v) is 3.37. The summed E-state index contributed by atoms with van der Waals surface area (Å²) in [5.74, 6) is 0.0497. The molecule has 1 atom stereocenters. The van der Waals surface area contributed by atoms with Crippen molar-refractivity contribution in [3.63, 3.8) is 0 Å². The standard InChI is InChI=1S/C16H18N2OS/c1-2-17-15(13-6-8-20-10-13)12-4-3-11-5-7-18-16(19)14(11)9-12/h3-4,6,8-10,15,17H,2,5,7H2,1H3,(H,18,19). The molecule has 104 valence electrons. The zero-order chi connectivity index (χ0) is 13.9. The number of amides is 1. The molecule has 3 rings (SSSR count). The normalized spacial score (nSPS) is 15.6. The molecule has 0 spiro atoms. The number of thiophene rings is 1. The first kappa shape index (κ1) is 13.3. The summed E-state index contributed by atoms with van der Waals surface area (Å²) in [7, 11) is 0. The van der Waals surface area contributed by atoms with E-state index in [1.54, 1.807) is 11.3 Å². The van der Waals surface area contributed by atoms with Gasteiger partial charge in [-0.1, -0.05) is 19.1 Å². The van der Waals surface area contributed by atoms with Crippen molar-refractivity contribution >= 4 is 17.2 Å². The van der Waals surface area contributed by atoms with Crippen molar-refractivity contribution < 1.29 is 4.79 Å². The first-order chi connectivity index (χ1) is 9.79. The lowest BCUT2D eigenvalue weighted by atomic mass is 9.93. The van der Waals surface area contributed by atoms with Crippen molar-refractivity contribution in [3.8, 4) is 0 Å². The molecule has 0 aliphatic carbocycles. The molecule has 1 aliphatic heterocycles. The van der Waals surface area contributed by atoms with Crippen LogP contribution in [0.3, 0.4) is 0 Å². The molecule has 0 fully saturated rings. The van der Waals surface area contributed by atoms with Gasteiger partial charge in [0, 0.05) is 12.1 Å². The highest BCUT2D eigenvalue weighted by Gasteiger charge is 2.20. The SMILES string of the molecule is CCNC(c1ccsc1)c1ccc2c(c1)C(=O)NCC2. The monoisotopic (exact) mass is 286 g/mol. The van der Waals surface area contributed by atoms with Gasteiger partial charge in [-0.3, -0.25) is 4.79 Å². The van der Waals surface area contributed by atoms with Crippen molar-refractivity contribution in [2.24, 2.45) is 0 Å². The van der Waals surface area contributed by atoms with Crippen LogP contribution in [0.15, 0.2) is 35.0 Å². The number of hydrogen-bond acceptors (Lipinski definition) is 3. The summed E-state index contributed by atoms with van der Waals surface area (Å²) in [6, 6.07) is 8.57.